The van der Waals surface area contributed by atoms with E-state index in [1.165, 1.54) is 7.11 Å². The summed E-state index contributed by atoms with van der Waals surface area (Å²) in [5, 5.41) is 0. The molecule has 1 aliphatic rings. The summed E-state index contributed by atoms with van der Waals surface area (Å²) in [7, 11) is 1.53. The van der Waals surface area contributed by atoms with Crippen LogP contribution in [0.15, 0.2) is 18.2 Å². The molecule has 0 bridgehead atoms. The van der Waals surface area contributed by atoms with Crippen molar-refractivity contribution in [2.45, 2.75) is 19.5 Å². The van der Waals surface area contributed by atoms with Gasteiger partial charge in [-0.3, -0.25) is 4.79 Å². The minimum atomic E-state index is -0.631. The lowest BCUT2D eigenvalue weighted by Gasteiger charge is -2.24. The fourth-order valence-corrected chi connectivity index (χ4v) is 2.09. The average Bonchev–Trinajstić information content (AvgIpc) is 2.91. The molecule has 20 heavy (non-hydrogen) atoms. The molecule has 6 nitrogen and oxygen atoms in total. The maximum absolute atomic E-state index is 12.2. The Kier molecular flexibility index (Phi) is 4.81. The third-order valence-electron chi connectivity index (χ3n) is 3.17. The van der Waals surface area contributed by atoms with Crippen molar-refractivity contribution in [1.82, 2.24) is 4.90 Å². The van der Waals surface area contributed by atoms with E-state index < -0.39 is 6.04 Å². The molecule has 2 N–H and O–H groups in total. The lowest BCUT2D eigenvalue weighted by Crippen LogP contribution is -2.45. The van der Waals surface area contributed by atoms with E-state index in [2.05, 4.69) is 0 Å². The molecule has 0 aromatic heterocycles. The number of benzene rings is 1. The largest absolute Gasteiger partial charge is 0.454 e. The van der Waals surface area contributed by atoms with Gasteiger partial charge in [-0.25, -0.2) is 0 Å². The van der Waals surface area contributed by atoms with Gasteiger partial charge in [0.1, 0.15) is 6.04 Å². The minimum absolute atomic E-state index is 0.119. The summed E-state index contributed by atoms with van der Waals surface area (Å²) in [6.45, 7) is 3.46. The predicted molar refractivity (Wildman–Crippen MR) is 73.5 cm³/mol. The van der Waals surface area contributed by atoms with E-state index in [0.29, 0.717) is 18.8 Å². The van der Waals surface area contributed by atoms with Crippen LogP contribution in [0.1, 0.15) is 12.5 Å². The molecular weight excluding hydrogens is 260 g/mol. The molecule has 0 spiro atoms. The van der Waals surface area contributed by atoms with Gasteiger partial charge in [0.2, 0.25) is 12.7 Å². The number of methoxy groups -OCH3 is 1. The Balaban J connectivity index is 2.04. The molecule has 110 valence electrons. The Morgan fingerprint density at radius 3 is 2.90 bits per heavy atom. The van der Waals surface area contributed by atoms with Crippen molar-refractivity contribution >= 4 is 5.91 Å². The molecule has 0 aliphatic carbocycles. The molecule has 0 radical (unpaired) electrons. The van der Waals surface area contributed by atoms with Crippen molar-refractivity contribution in [3.63, 3.8) is 0 Å². The first kappa shape index (κ1) is 14.6. The molecule has 1 aromatic rings. The highest BCUT2D eigenvalue weighted by molar-refractivity contribution is 5.81. The fraction of sp³-hybridized carbons (Fsp3) is 0.500. The zero-order valence-electron chi connectivity index (χ0n) is 11.8. The third kappa shape index (κ3) is 3.20. The van der Waals surface area contributed by atoms with E-state index >= 15 is 0 Å². The van der Waals surface area contributed by atoms with Gasteiger partial charge in [-0.05, 0) is 24.6 Å². The van der Waals surface area contributed by atoms with Crippen molar-refractivity contribution in [2.24, 2.45) is 5.73 Å². The topological polar surface area (TPSA) is 74.0 Å². The number of carbonyl (C=O) groups is 1. The van der Waals surface area contributed by atoms with Gasteiger partial charge in [-0.2, -0.15) is 0 Å². The Hall–Kier alpha value is -1.79. The number of fused-ring (bicyclic) bond motifs is 1. The van der Waals surface area contributed by atoms with Gasteiger partial charge in [-0.15, -0.1) is 0 Å². The van der Waals surface area contributed by atoms with Crippen molar-refractivity contribution in [2.75, 3.05) is 27.1 Å². The molecule has 6 heteroatoms. The molecule has 1 unspecified atom stereocenters. The Morgan fingerprint density at radius 2 is 2.20 bits per heavy atom. The van der Waals surface area contributed by atoms with Crippen LogP contribution in [-0.2, 0) is 16.1 Å². The molecule has 1 aliphatic heterocycles. The Morgan fingerprint density at radius 1 is 1.45 bits per heavy atom. The number of hydrogen-bond acceptors (Lipinski definition) is 5. The average molecular weight is 280 g/mol. The van der Waals surface area contributed by atoms with E-state index in [1.807, 2.05) is 25.1 Å². The van der Waals surface area contributed by atoms with Gasteiger partial charge < -0.3 is 24.8 Å². The van der Waals surface area contributed by atoms with E-state index in [9.17, 15) is 4.79 Å². The van der Waals surface area contributed by atoms with Crippen molar-refractivity contribution in [3.8, 4) is 11.5 Å². The summed E-state index contributed by atoms with van der Waals surface area (Å²) >= 11 is 0. The van der Waals surface area contributed by atoms with Crippen LogP contribution in [0.5, 0.6) is 11.5 Å². The minimum Gasteiger partial charge on any atom is -0.454 e. The van der Waals surface area contributed by atoms with Crippen LogP contribution in [0.2, 0.25) is 0 Å². The van der Waals surface area contributed by atoms with E-state index in [1.54, 1.807) is 4.90 Å². The molecule has 0 fully saturated rings. The third-order valence-corrected chi connectivity index (χ3v) is 3.17. The lowest BCUT2D eigenvalue weighted by molar-refractivity contribution is -0.134. The number of nitrogens with two attached hydrogens (primary N) is 1. The molecule has 0 saturated heterocycles. The first-order valence-electron chi connectivity index (χ1n) is 6.57. The monoisotopic (exact) mass is 280 g/mol. The second-order valence-corrected chi connectivity index (χ2v) is 4.60. The molecule has 1 heterocycles. The van der Waals surface area contributed by atoms with Gasteiger partial charge in [0.15, 0.2) is 11.5 Å². The number of nitrogens with zero attached hydrogens (tertiary/aromatic N) is 1. The van der Waals surface area contributed by atoms with Crippen LogP contribution < -0.4 is 15.2 Å². The van der Waals surface area contributed by atoms with Gasteiger partial charge in [-0.1, -0.05) is 6.07 Å². The zero-order chi connectivity index (χ0) is 14.5. The lowest BCUT2D eigenvalue weighted by atomic mass is 10.1. The van der Waals surface area contributed by atoms with E-state index in [-0.39, 0.29) is 19.3 Å². The molecule has 1 atom stereocenters. The Bertz CT molecular complexity index is 478. The summed E-state index contributed by atoms with van der Waals surface area (Å²) < 4.78 is 15.5. The van der Waals surface area contributed by atoms with Crippen LogP contribution in [0.25, 0.3) is 0 Å². The summed E-state index contributed by atoms with van der Waals surface area (Å²) in [6.07, 6.45) is 0. The summed E-state index contributed by atoms with van der Waals surface area (Å²) in [6, 6.07) is 5.03. The van der Waals surface area contributed by atoms with Gasteiger partial charge in [0, 0.05) is 20.2 Å². The van der Waals surface area contributed by atoms with Crippen LogP contribution in [-0.4, -0.2) is 43.9 Å². The van der Waals surface area contributed by atoms with Gasteiger partial charge in [0.25, 0.3) is 0 Å². The number of rotatable bonds is 6. The van der Waals surface area contributed by atoms with Crippen molar-refractivity contribution in [1.29, 1.82) is 0 Å². The molecule has 1 aromatic carbocycles. The zero-order valence-corrected chi connectivity index (χ0v) is 11.8. The number of amides is 1. The summed E-state index contributed by atoms with van der Waals surface area (Å²) in [5.41, 5.74) is 6.77. The second-order valence-electron chi connectivity index (χ2n) is 4.60. The van der Waals surface area contributed by atoms with Crippen molar-refractivity contribution in [3.05, 3.63) is 23.8 Å². The van der Waals surface area contributed by atoms with E-state index in [0.717, 1.165) is 11.3 Å². The summed E-state index contributed by atoms with van der Waals surface area (Å²) in [4.78, 5) is 13.9. The number of hydrogen-bond donors (Lipinski definition) is 1. The van der Waals surface area contributed by atoms with Crippen LogP contribution >= 0.6 is 0 Å². The molecule has 0 saturated carbocycles. The van der Waals surface area contributed by atoms with Gasteiger partial charge in [0.05, 0.1) is 6.61 Å². The van der Waals surface area contributed by atoms with Crippen LogP contribution in [0, 0.1) is 0 Å². The number of ether oxygens (including phenoxy) is 3. The SMILES string of the molecule is CCN(Cc1ccc2c(c1)OCO2)C(=O)C(N)COC. The number of likely N-dealkylation sites (N-methyl/N-ethyl adjacent to an activating group) is 1. The van der Waals surface area contributed by atoms with E-state index in [4.69, 9.17) is 19.9 Å². The molecule has 2 rings (SSSR count). The maximum Gasteiger partial charge on any atom is 0.242 e. The van der Waals surface area contributed by atoms with Crippen molar-refractivity contribution < 1.29 is 19.0 Å². The van der Waals surface area contributed by atoms with Crippen LogP contribution in [0.3, 0.4) is 0 Å². The molecular formula is C14H20N2O4. The second kappa shape index (κ2) is 6.58. The first-order chi connectivity index (χ1) is 9.65. The first-order valence-corrected chi connectivity index (χ1v) is 6.57. The van der Waals surface area contributed by atoms with Gasteiger partial charge >= 0.3 is 0 Å². The Labute approximate surface area is 118 Å². The normalized spacial score (nSPS) is 14.2. The smallest absolute Gasteiger partial charge is 0.242 e. The highest BCUT2D eigenvalue weighted by atomic mass is 16.7. The molecule has 1 amide bonds. The number of carbonyl (C=O) groups excluding carboxylic acids is 1. The quantitative estimate of drug-likeness (QED) is 0.832. The fourth-order valence-electron chi connectivity index (χ4n) is 2.09. The summed E-state index contributed by atoms with van der Waals surface area (Å²) in [5.74, 6) is 1.33. The maximum atomic E-state index is 12.2. The van der Waals surface area contributed by atoms with Crippen LogP contribution in [0.4, 0.5) is 0 Å². The highest BCUT2D eigenvalue weighted by Crippen LogP contribution is 2.32. The standard InChI is InChI=1S/C14H20N2O4/c1-3-16(14(17)11(15)8-18-2)7-10-4-5-12-13(6-10)20-9-19-12/h4-6,11H,3,7-9,15H2,1-2H3. The highest BCUT2D eigenvalue weighted by Gasteiger charge is 2.21. The predicted octanol–water partition coefficient (Wildman–Crippen LogP) is 0.737.